The van der Waals surface area contributed by atoms with E-state index in [9.17, 15) is 0 Å². The van der Waals surface area contributed by atoms with Crippen LogP contribution in [0.15, 0.2) is 0 Å². The number of rotatable bonds is 4. The molecular weight excluding hydrogens is 162 g/mol. The van der Waals surface area contributed by atoms with Gasteiger partial charge in [-0.3, -0.25) is 0 Å². The second kappa shape index (κ2) is 3.58. The quantitative estimate of drug-likeness (QED) is 0.724. The lowest BCUT2D eigenvalue weighted by molar-refractivity contribution is -0.0863. The Morgan fingerprint density at radius 2 is 2.08 bits per heavy atom. The first-order chi connectivity index (χ1) is 6.26. The zero-order valence-corrected chi connectivity index (χ0v) is 8.59. The van der Waals surface area contributed by atoms with Crippen LogP contribution in [0.1, 0.15) is 44.9 Å². The number of hydrogen-bond donors (Lipinski definition) is 1. The van der Waals surface area contributed by atoms with Crippen LogP contribution in [0.3, 0.4) is 0 Å². The summed E-state index contributed by atoms with van der Waals surface area (Å²) in [6, 6.07) is 0.397. The number of hydrogen-bond acceptors (Lipinski definition) is 2. The minimum Gasteiger partial charge on any atom is -0.378 e. The van der Waals surface area contributed by atoms with Gasteiger partial charge >= 0.3 is 0 Å². The van der Waals surface area contributed by atoms with Crippen LogP contribution in [0.25, 0.3) is 0 Å². The van der Waals surface area contributed by atoms with Crippen molar-refractivity contribution >= 4 is 0 Å². The van der Waals surface area contributed by atoms with E-state index >= 15 is 0 Å². The summed E-state index contributed by atoms with van der Waals surface area (Å²) in [4.78, 5) is 0. The van der Waals surface area contributed by atoms with Crippen molar-refractivity contribution in [1.82, 2.24) is 0 Å². The van der Waals surface area contributed by atoms with Crippen molar-refractivity contribution in [2.75, 3.05) is 7.11 Å². The molecule has 1 atom stereocenters. The minimum atomic E-state index is 0.176. The fraction of sp³-hybridized carbons (Fsp3) is 1.00. The van der Waals surface area contributed by atoms with Crippen molar-refractivity contribution in [1.29, 1.82) is 0 Å². The molecule has 2 rings (SSSR count). The van der Waals surface area contributed by atoms with E-state index in [0.717, 1.165) is 12.3 Å². The number of methoxy groups -OCH3 is 1. The summed E-state index contributed by atoms with van der Waals surface area (Å²) >= 11 is 0. The summed E-state index contributed by atoms with van der Waals surface area (Å²) in [6.07, 6.45) is 8.95. The van der Waals surface area contributed by atoms with Gasteiger partial charge in [-0.2, -0.15) is 0 Å². The molecule has 0 radical (unpaired) electrons. The lowest BCUT2D eigenvalue weighted by Crippen LogP contribution is -2.47. The largest absolute Gasteiger partial charge is 0.378 e. The molecule has 2 aliphatic rings. The Morgan fingerprint density at radius 3 is 2.38 bits per heavy atom. The van der Waals surface area contributed by atoms with E-state index in [-0.39, 0.29) is 5.60 Å². The van der Waals surface area contributed by atoms with Gasteiger partial charge in [0.25, 0.3) is 0 Å². The zero-order valence-electron chi connectivity index (χ0n) is 8.59. The van der Waals surface area contributed by atoms with Gasteiger partial charge in [-0.25, -0.2) is 0 Å². The highest BCUT2D eigenvalue weighted by molar-refractivity contribution is 4.95. The summed E-state index contributed by atoms with van der Waals surface area (Å²) in [5.41, 5.74) is 6.35. The van der Waals surface area contributed by atoms with E-state index in [4.69, 9.17) is 10.5 Å². The van der Waals surface area contributed by atoms with Crippen LogP contribution < -0.4 is 5.73 Å². The molecule has 0 aromatic carbocycles. The number of nitrogens with two attached hydrogens (primary N) is 1. The molecular formula is C11H21NO. The molecule has 0 saturated heterocycles. The van der Waals surface area contributed by atoms with Gasteiger partial charge in [0, 0.05) is 13.2 Å². The summed E-state index contributed by atoms with van der Waals surface area (Å²) in [5, 5.41) is 0. The first kappa shape index (κ1) is 9.47. The van der Waals surface area contributed by atoms with Gasteiger partial charge in [-0.15, -0.1) is 0 Å². The zero-order chi connectivity index (χ0) is 9.31. The molecule has 0 aliphatic heterocycles. The highest BCUT2D eigenvalue weighted by atomic mass is 16.5. The van der Waals surface area contributed by atoms with Gasteiger partial charge in [0.15, 0.2) is 0 Å². The van der Waals surface area contributed by atoms with E-state index in [2.05, 4.69) is 0 Å². The molecule has 0 heterocycles. The highest BCUT2D eigenvalue weighted by Crippen LogP contribution is 2.41. The minimum absolute atomic E-state index is 0.176. The van der Waals surface area contributed by atoms with Crippen LogP contribution in [0, 0.1) is 5.92 Å². The molecule has 2 heteroatoms. The molecule has 76 valence electrons. The smallest absolute Gasteiger partial charge is 0.0693 e. The third-order valence-corrected chi connectivity index (χ3v) is 4.06. The normalized spacial score (nSPS) is 29.1. The van der Waals surface area contributed by atoms with Gasteiger partial charge in [0.1, 0.15) is 0 Å². The molecule has 0 amide bonds. The molecule has 13 heavy (non-hydrogen) atoms. The van der Waals surface area contributed by atoms with Crippen LogP contribution in [-0.4, -0.2) is 18.8 Å². The molecule has 2 N–H and O–H groups in total. The SMILES string of the molecule is COC1(CC(N)C2CCC2)CCC1. The fourth-order valence-corrected chi connectivity index (χ4v) is 2.53. The lowest BCUT2D eigenvalue weighted by atomic mass is 9.70. The maximum Gasteiger partial charge on any atom is 0.0693 e. The van der Waals surface area contributed by atoms with Crippen LogP contribution >= 0.6 is 0 Å². The van der Waals surface area contributed by atoms with Crippen LogP contribution in [0.4, 0.5) is 0 Å². The Hall–Kier alpha value is -0.0800. The van der Waals surface area contributed by atoms with Crippen molar-refractivity contribution in [3.05, 3.63) is 0 Å². The van der Waals surface area contributed by atoms with Crippen LogP contribution in [0.5, 0.6) is 0 Å². The third kappa shape index (κ3) is 1.75. The van der Waals surface area contributed by atoms with Gasteiger partial charge in [-0.05, 0) is 44.4 Å². The Labute approximate surface area is 80.8 Å². The van der Waals surface area contributed by atoms with Crippen molar-refractivity contribution in [3.63, 3.8) is 0 Å². The predicted octanol–water partition coefficient (Wildman–Crippen LogP) is 2.07. The van der Waals surface area contributed by atoms with Gasteiger partial charge < -0.3 is 10.5 Å². The molecule has 0 aromatic rings. The lowest BCUT2D eigenvalue weighted by Gasteiger charge is -2.44. The third-order valence-electron chi connectivity index (χ3n) is 4.06. The van der Waals surface area contributed by atoms with Crippen molar-refractivity contribution in [2.24, 2.45) is 11.7 Å². The first-order valence-electron chi connectivity index (χ1n) is 5.56. The Kier molecular flexibility index (Phi) is 2.61. The highest BCUT2D eigenvalue weighted by Gasteiger charge is 2.40. The molecule has 0 spiro atoms. The molecule has 2 aliphatic carbocycles. The summed E-state index contributed by atoms with van der Waals surface area (Å²) < 4.78 is 5.58. The molecule has 2 fully saturated rings. The fourth-order valence-electron chi connectivity index (χ4n) is 2.53. The Bertz CT molecular complexity index is 167. The van der Waals surface area contributed by atoms with Crippen LogP contribution in [0.2, 0.25) is 0 Å². The van der Waals surface area contributed by atoms with Gasteiger partial charge in [0.05, 0.1) is 5.60 Å². The van der Waals surface area contributed by atoms with Gasteiger partial charge in [0.2, 0.25) is 0 Å². The van der Waals surface area contributed by atoms with Crippen molar-refractivity contribution < 1.29 is 4.74 Å². The average molecular weight is 183 g/mol. The summed E-state index contributed by atoms with van der Waals surface area (Å²) in [6.45, 7) is 0. The van der Waals surface area contributed by atoms with E-state index in [1.54, 1.807) is 0 Å². The molecule has 2 saturated carbocycles. The van der Waals surface area contributed by atoms with E-state index in [1.807, 2.05) is 7.11 Å². The van der Waals surface area contributed by atoms with E-state index in [0.29, 0.717) is 6.04 Å². The second-order valence-electron chi connectivity index (χ2n) is 4.80. The molecule has 2 nitrogen and oxygen atoms in total. The van der Waals surface area contributed by atoms with Crippen molar-refractivity contribution in [2.45, 2.75) is 56.6 Å². The van der Waals surface area contributed by atoms with Crippen molar-refractivity contribution in [3.8, 4) is 0 Å². The Balaban J connectivity index is 1.81. The average Bonchev–Trinajstić information content (AvgIpc) is 1.93. The van der Waals surface area contributed by atoms with E-state index < -0.39 is 0 Å². The first-order valence-corrected chi connectivity index (χ1v) is 5.56. The maximum atomic E-state index is 6.17. The standard InChI is InChI=1S/C11H21NO/c1-13-11(6-3-7-11)8-10(12)9-4-2-5-9/h9-10H,2-8,12H2,1H3. The Morgan fingerprint density at radius 1 is 1.38 bits per heavy atom. The predicted molar refractivity (Wildman–Crippen MR) is 53.5 cm³/mol. The molecule has 0 aromatic heterocycles. The molecule has 0 bridgehead atoms. The van der Waals surface area contributed by atoms with Gasteiger partial charge in [-0.1, -0.05) is 6.42 Å². The molecule has 1 unspecified atom stereocenters. The maximum absolute atomic E-state index is 6.17. The van der Waals surface area contributed by atoms with Crippen LogP contribution in [-0.2, 0) is 4.74 Å². The van der Waals surface area contributed by atoms with E-state index in [1.165, 1.54) is 38.5 Å². The summed E-state index contributed by atoms with van der Waals surface area (Å²) in [7, 11) is 1.84. The second-order valence-corrected chi connectivity index (χ2v) is 4.80. The summed E-state index contributed by atoms with van der Waals surface area (Å²) in [5.74, 6) is 0.799. The topological polar surface area (TPSA) is 35.2 Å². The monoisotopic (exact) mass is 183 g/mol. The number of ether oxygens (including phenoxy) is 1.